The van der Waals surface area contributed by atoms with E-state index in [9.17, 15) is 0 Å². The van der Waals surface area contributed by atoms with Gasteiger partial charge in [0, 0.05) is 23.3 Å². The molecule has 0 spiro atoms. The van der Waals surface area contributed by atoms with Crippen molar-refractivity contribution < 1.29 is 0 Å². The van der Waals surface area contributed by atoms with Crippen LogP contribution in [-0.2, 0) is 12.3 Å². The van der Waals surface area contributed by atoms with Crippen LogP contribution in [0.4, 0.5) is 11.5 Å². The molecule has 2 heterocycles. The van der Waals surface area contributed by atoms with Gasteiger partial charge in [-0.2, -0.15) is 0 Å². The number of benzene rings is 1. The van der Waals surface area contributed by atoms with Crippen molar-refractivity contribution in [2.24, 2.45) is 0 Å². The van der Waals surface area contributed by atoms with Gasteiger partial charge in [0.2, 0.25) is 0 Å². The second-order valence-electron chi connectivity index (χ2n) is 5.43. The van der Waals surface area contributed by atoms with Crippen LogP contribution in [-0.4, -0.2) is 11.0 Å². The minimum absolute atomic E-state index is 0.471. The quantitative estimate of drug-likeness (QED) is 0.750. The van der Waals surface area contributed by atoms with Crippen molar-refractivity contribution in [1.82, 2.24) is 4.98 Å². The number of para-hydroxylation sites is 1. The normalized spacial score (nSPS) is 17.9. The summed E-state index contributed by atoms with van der Waals surface area (Å²) in [5.41, 5.74) is 4.82. The molecule has 0 fully saturated rings. The number of aryl methyl sites for hydroxylation is 2. The molecule has 1 aliphatic rings. The lowest BCUT2D eigenvalue weighted by Gasteiger charge is -2.36. The van der Waals surface area contributed by atoms with Crippen LogP contribution in [0.15, 0.2) is 36.4 Å². The van der Waals surface area contributed by atoms with Gasteiger partial charge in [0.05, 0.1) is 0 Å². The fourth-order valence-corrected chi connectivity index (χ4v) is 3.17. The largest absolute Gasteiger partial charge is 0.323 e. The van der Waals surface area contributed by atoms with E-state index in [2.05, 4.69) is 48.2 Å². The molecular weight excluding hydrogens is 268 g/mol. The highest BCUT2D eigenvalue weighted by Gasteiger charge is 2.25. The summed E-state index contributed by atoms with van der Waals surface area (Å²) in [4.78, 5) is 7.11. The average Bonchev–Trinajstić information content (AvgIpc) is 2.47. The monoisotopic (exact) mass is 286 g/mol. The van der Waals surface area contributed by atoms with Crippen molar-refractivity contribution in [3.05, 3.63) is 53.2 Å². The Hall–Kier alpha value is -1.54. The van der Waals surface area contributed by atoms with E-state index >= 15 is 0 Å². The van der Waals surface area contributed by atoms with E-state index in [0.717, 1.165) is 29.9 Å². The molecule has 0 saturated carbocycles. The van der Waals surface area contributed by atoms with Gasteiger partial charge in [-0.05, 0) is 49.9 Å². The zero-order chi connectivity index (χ0) is 14.1. The number of hydrogen-bond donors (Lipinski definition) is 0. The van der Waals surface area contributed by atoms with Gasteiger partial charge in [-0.3, -0.25) is 0 Å². The molecule has 0 saturated heterocycles. The fraction of sp³-hybridized carbons (Fsp3) is 0.353. The van der Waals surface area contributed by atoms with Crippen LogP contribution in [0.2, 0.25) is 0 Å². The summed E-state index contributed by atoms with van der Waals surface area (Å²) in [6, 6.07) is 13.3. The van der Waals surface area contributed by atoms with Crippen LogP contribution in [0, 0.1) is 6.92 Å². The first-order valence-corrected chi connectivity index (χ1v) is 7.64. The van der Waals surface area contributed by atoms with Gasteiger partial charge in [-0.15, -0.1) is 11.6 Å². The van der Waals surface area contributed by atoms with E-state index in [4.69, 9.17) is 16.6 Å². The zero-order valence-electron chi connectivity index (χ0n) is 11.9. The Morgan fingerprint density at radius 2 is 2.05 bits per heavy atom. The van der Waals surface area contributed by atoms with Crippen molar-refractivity contribution in [1.29, 1.82) is 0 Å². The van der Waals surface area contributed by atoms with Gasteiger partial charge in [0.25, 0.3) is 0 Å². The molecule has 1 aromatic heterocycles. The molecule has 1 aliphatic heterocycles. The van der Waals surface area contributed by atoms with Crippen LogP contribution >= 0.6 is 11.6 Å². The summed E-state index contributed by atoms with van der Waals surface area (Å²) in [5.74, 6) is 1.54. The van der Waals surface area contributed by atoms with Gasteiger partial charge in [-0.25, -0.2) is 4.98 Å². The summed E-state index contributed by atoms with van der Waals surface area (Å²) in [6.45, 7) is 4.30. The Bertz CT molecular complexity index is 624. The molecule has 3 heteroatoms. The molecule has 3 rings (SSSR count). The molecule has 2 aromatic rings. The maximum atomic E-state index is 5.93. The lowest BCUT2D eigenvalue weighted by Crippen LogP contribution is -2.33. The van der Waals surface area contributed by atoms with Crippen LogP contribution < -0.4 is 4.90 Å². The number of halogens is 1. The molecule has 20 heavy (non-hydrogen) atoms. The molecule has 0 amide bonds. The average molecular weight is 287 g/mol. The van der Waals surface area contributed by atoms with E-state index < -0.39 is 0 Å². The van der Waals surface area contributed by atoms with Crippen molar-refractivity contribution >= 4 is 23.1 Å². The Kier molecular flexibility index (Phi) is 3.66. The number of fused-ring (bicyclic) bond motifs is 1. The van der Waals surface area contributed by atoms with E-state index in [0.29, 0.717) is 11.9 Å². The molecule has 0 aliphatic carbocycles. The number of alkyl halides is 1. The Morgan fingerprint density at radius 1 is 1.25 bits per heavy atom. The third-order valence-electron chi connectivity index (χ3n) is 4.09. The standard InChI is InChI=1S/C17H19ClN2/c1-12-7-8-14-5-3-4-6-16(14)20(12)17-10-9-15(11-18)13(2)19-17/h3-6,9-10,12H,7-8,11H2,1-2H3. The number of aromatic nitrogens is 1. The summed E-state index contributed by atoms with van der Waals surface area (Å²) >= 11 is 5.93. The Labute approximate surface area is 125 Å². The molecule has 1 unspecified atom stereocenters. The van der Waals surface area contributed by atoms with Crippen molar-refractivity contribution in [2.45, 2.75) is 38.6 Å². The zero-order valence-corrected chi connectivity index (χ0v) is 12.7. The lowest BCUT2D eigenvalue weighted by atomic mass is 9.96. The van der Waals surface area contributed by atoms with Gasteiger partial charge < -0.3 is 4.90 Å². The number of anilines is 2. The predicted molar refractivity (Wildman–Crippen MR) is 84.9 cm³/mol. The minimum Gasteiger partial charge on any atom is -0.323 e. The smallest absolute Gasteiger partial charge is 0.133 e. The maximum absolute atomic E-state index is 5.93. The fourth-order valence-electron chi connectivity index (χ4n) is 2.89. The minimum atomic E-state index is 0.471. The molecule has 1 atom stereocenters. The predicted octanol–water partition coefficient (Wildman–Crippen LogP) is 4.60. The second-order valence-corrected chi connectivity index (χ2v) is 5.70. The highest BCUT2D eigenvalue weighted by Crippen LogP contribution is 2.36. The van der Waals surface area contributed by atoms with Gasteiger partial charge in [0.1, 0.15) is 5.82 Å². The van der Waals surface area contributed by atoms with Gasteiger partial charge in [0.15, 0.2) is 0 Å². The summed E-state index contributed by atoms with van der Waals surface area (Å²) in [5, 5.41) is 0. The third kappa shape index (κ3) is 2.29. The third-order valence-corrected chi connectivity index (χ3v) is 4.38. The molecule has 0 radical (unpaired) electrons. The highest BCUT2D eigenvalue weighted by molar-refractivity contribution is 6.17. The molecule has 104 valence electrons. The first kappa shape index (κ1) is 13.4. The van der Waals surface area contributed by atoms with Gasteiger partial charge in [-0.1, -0.05) is 24.3 Å². The summed E-state index contributed by atoms with van der Waals surface area (Å²) in [7, 11) is 0. The van der Waals surface area contributed by atoms with Crippen LogP contribution in [0.5, 0.6) is 0 Å². The van der Waals surface area contributed by atoms with E-state index in [1.807, 2.05) is 6.92 Å². The Morgan fingerprint density at radius 3 is 2.80 bits per heavy atom. The van der Waals surface area contributed by atoms with Crippen LogP contribution in [0.25, 0.3) is 0 Å². The molecule has 0 N–H and O–H groups in total. The summed E-state index contributed by atoms with van der Waals surface area (Å²) < 4.78 is 0. The van der Waals surface area contributed by atoms with Crippen molar-refractivity contribution in [3.8, 4) is 0 Å². The molecular formula is C17H19ClN2. The molecule has 1 aromatic carbocycles. The number of hydrogen-bond acceptors (Lipinski definition) is 2. The number of rotatable bonds is 2. The molecule has 2 nitrogen and oxygen atoms in total. The maximum Gasteiger partial charge on any atom is 0.133 e. The van der Waals surface area contributed by atoms with E-state index in [1.54, 1.807) is 0 Å². The number of pyridine rings is 1. The first-order valence-electron chi connectivity index (χ1n) is 7.10. The van der Waals surface area contributed by atoms with Gasteiger partial charge >= 0.3 is 0 Å². The van der Waals surface area contributed by atoms with Crippen LogP contribution in [0.3, 0.4) is 0 Å². The summed E-state index contributed by atoms with van der Waals surface area (Å²) in [6.07, 6.45) is 2.31. The molecule has 0 bridgehead atoms. The van der Waals surface area contributed by atoms with Crippen molar-refractivity contribution in [2.75, 3.05) is 4.90 Å². The first-order chi connectivity index (χ1) is 9.70. The lowest BCUT2D eigenvalue weighted by molar-refractivity contribution is 0.613. The Balaban J connectivity index is 2.07. The van der Waals surface area contributed by atoms with E-state index in [1.165, 1.54) is 11.3 Å². The van der Waals surface area contributed by atoms with Crippen molar-refractivity contribution in [3.63, 3.8) is 0 Å². The van der Waals surface area contributed by atoms with Crippen LogP contribution in [0.1, 0.15) is 30.2 Å². The second kappa shape index (κ2) is 5.45. The number of nitrogens with zero attached hydrogens (tertiary/aromatic N) is 2. The SMILES string of the molecule is Cc1nc(N2c3ccccc3CCC2C)ccc1CCl. The highest BCUT2D eigenvalue weighted by atomic mass is 35.5. The topological polar surface area (TPSA) is 16.1 Å². The van der Waals surface area contributed by atoms with E-state index in [-0.39, 0.29) is 0 Å².